The number of nitrogens with one attached hydrogen (secondary N) is 1. The van der Waals surface area contributed by atoms with Crippen LogP contribution in [0.3, 0.4) is 0 Å². The molecular weight excluding hydrogens is 360 g/mol. The van der Waals surface area contributed by atoms with Gasteiger partial charge in [0.25, 0.3) is 0 Å². The number of nitrogens with zero attached hydrogens (tertiary/aromatic N) is 3. The van der Waals surface area contributed by atoms with Crippen LogP contribution in [0.4, 0.5) is 5.69 Å². The molecule has 1 heterocycles. The van der Waals surface area contributed by atoms with Crippen molar-refractivity contribution in [3.05, 3.63) is 24.3 Å². The van der Waals surface area contributed by atoms with Crippen molar-refractivity contribution in [1.29, 1.82) is 0 Å². The van der Waals surface area contributed by atoms with E-state index in [1.54, 1.807) is 11.8 Å². The van der Waals surface area contributed by atoms with Gasteiger partial charge < -0.3 is 15.1 Å². The molecule has 2 amide bonds. The minimum atomic E-state index is 0.0515. The number of para-hydroxylation sites is 1. The van der Waals surface area contributed by atoms with Crippen LogP contribution in [0.5, 0.6) is 0 Å². The summed E-state index contributed by atoms with van der Waals surface area (Å²) in [6, 6.07) is 7.87. The van der Waals surface area contributed by atoms with E-state index in [0.717, 1.165) is 56.4 Å². The molecule has 0 aromatic heterocycles. The molecule has 7 heteroatoms. The van der Waals surface area contributed by atoms with E-state index in [0.29, 0.717) is 13.0 Å². The molecule has 6 nitrogen and oxygen atoms in total. The number of benzene rings is 1. The third kappa shape index (κ3) is 6.83. The van der Waals surface area contributed by atoms with Gasteiger partial charge in [-0.25, -0.2) is 0 Å². The van der Waals surface area contributed by atoms with E-state index in [1.165, 1.54) is 0 Å². The number of rotatable bonds is 9. The van der Waals surface area contributed by atoms with Crippen LogP contribution in [-0.2, 0) is 9.59 Å². The van der Waals surface area contributed by atoms with Crippen molar-refractivity contribution in [3.63, 3.8) is 0 Å². The fourth-order valence-electron chi connectivity index (χ4n) is 3.26. The van der Waals surface area contributed by atoms with Crippen molar-refractivity contribution in [2.45, 2.75) is 25.2 Å². The van der Waals surface area contributed by atoms with Gasteiger partial charge in [-0.1, -0.05) is 12.1 Å². The van der Waals surface area contributed by atoms with Crippen LogP contribution in [0.1, 0.15) is 20.3 Å². The topological polar surface area (TPSA) is 55.9 Å². The van der Waals surface area contributed by atoms with Crippen LogP contribution in [0.2, 0.25) is 0 Å². The first-order chi connectivity index (χ1) is 13.1. The van der Waals surface area contributed by atoms with Crippen LogP contribution in [0.15, 0.2) is 29.2 Å². The van der Waals surface area contributed by atoms with Crippen molar-refractivity contribution < 1.29 is 9.59 Å². The minimum absolute atomic E-state index is 0.0515. The number of hydrogen-bond acceptors (Lipinski definition) is 5. The monoisotopic (exact) mass is 392 g/mol. The first-order valence-corrected chi connectivity index (χ1v) is 10.9. The van der Waals surface area contributed by atoms with Gasteiger partial charge in [-0.15, -0.1) is 11.8 Å². The average molecular weight is 393 g/mol. The molecule has 0 bridgehead atoms. The Morgan fingerprint density at radius 2 is 1.70 bits per heavy atom. The summed E-state index contributed by atoms with van der Waals surface area (Å²) in [4.78, 5) is 32.0. The first-order valence-electron chi connectivity index (χ1n) is 9.72. The summed E-state index contributed by atoms with van der Waals surface area (Å²) in [5.74, 6) is 0.260. The summed E-state index contributed by atoms with van der Waals surface area (Å²) in [6.45, 7) is 10.4. The molecule has 1 aliphatic heterocycles. The third-order valence-electron chi connectivity index (χ3n) is 4.98. The van der Waals surface area contributed by atoms with E-state index in [4.69, 9.17) is 0 Å². The van der Waals surface area contributed by atoms with E-state index in [-0.39, 0.29) is 11.8 Å². The van der Waals surface area contributed by atoms with Gasteiger partial charge in [0.1, 0.15) is 0 Å². The summed E-state index contributed by atoms with van der Waals surface area (Å²) in [5, 5.41) is 3.01. The number of anilines is 1. The van der Waals surface area contributed by atoms with Crippen LogP contribution < -0.4 is 5.32 Å². The highest BCUT2D eigenvalue weighted by Crippen LogP contribution is 2.24. The second-order valence-electron chi connectivity index (χ2n) is 6.68. The molecule has 1 N–H and O–H groups in total. The lowest BCUT2D eigenvalue weighted by Crippen LogP contribution is -2.50. The molecule has 0 spiro atoms. The number of hydrogen-bond donors (Lipinski definition) is 1. The van der Waals surface area contributed by atoms with E-state index in [1.807, 2.05) is 49.3 Å². The fourth-order valence-corrected chi connectivity index (χ4v) is 3.81. The number of carbonyl (C=O) groups is 2. The predicted octanol–water partition coefficient (Wildman–Crippen LogP) is 2.22. The number of thioether (sulfide) groups is 1. The third-order valence-corrected chi connectivity index (χ3v) is 5.77. The Labute approximate surface area is 167 Å². The summed E-state index contributed by atoms with van der Waals surface area (Å²) in [6.07, 6.45) is 2.50. The lowest BCUT2D eigenvalue weighted by Gasteiger charge is -2.35. The molecule has 150 valence electrons. The molecule has 1 aromatic rings. The van der Waals surface area contributed by atoms with Crippen LogP contribution in [-0.4, -0.2) is 85.1 Å². The van der Waals surface area contributed by atoms with Gasteiger partial charge in [0.05, 0.1) is 12.2 Å². The van der Waals surface area contributed by atoms with Gasteiger partial charge in [-0.05, 0) is 32.2 Å². The Balaban J connectivity index is 1.70. The zero-order chi connectivity index (χ0) is 19.6. The maximum absolute atomic E-state index is 12.3. The normalized spacial score (nSPS) is 15.5. The van der Waals surface area contributed by atoms with Crippen molar-refractivity contribution in [2.75, 3.05) is 63.9 Å². The summed E-state index contributed by atoms with van der Waals surface area (Å²) >= 11 is 1.63. The van der Waals surface area contributed by atoms with Gasteiger partial charge in [0, 0.05) is 57.1 Å². The Kier molecular flexibility index (Phi) is 9.10. The maximum Gasteiger partial charge on any atom is 0.236 e. The lowest BCUT2D eigenvalue weighted by molar-refractivity contribution is -0.132. The van der Waals surface area contributed by atoms with Gasteiger partial charge in [0.15, 0.2) is 0 Å². The molecule has 1 fully saturated rings. The smallest absolute Gasteiger partial charge is 0.236 e. The Morgan fingerprint density at radius 3 is 2.33 bits per heavy atom. The number of amides is 2. The van der Waals surface area contributed by atoms with E-state index in [2.05, 4.69) is 15.1 Å². The highest BCUT2D eigenvalue weighted by molar-refractivity contribution is 7.98. The lowest BCUT2D eigenvalue weighted by atomic mass is 10.2. The summed E-state index contributed by atoms with van der Waals surface area (Å²) in [5.41, 5.74) is 0.884. The van der Waals surface area contributed by atoms with Crippen molar-refractivity contribution in [3.8, 4) is 0 Å². The molecule has 0 unspecified atom stereocenters. The molecular formula is C20H32N4O2S. The van der Waals surface area contributed by atoms with E-state index in [9.17, 15) is 9.59 Å². The largest absolute Gasteiger partial charge is 0.342 e. The highest BCUT2D eigenvalue weighted by atomic mass is 32.2. The summed E-state index contributed by atoms with van der Waals surface area (Å²) < 4.78 is 0. The standard InChI is InChI=1S/C20H32N4O2S/c1-4-24(5-2)20(26)16-23-14-12-22(13-15-23)11-10-19(25)21-17-8-6-7-9-18(17)27-3/h6-9H,4-5,10-16H2,1-3H3,(H,21,25). The van der Waals surface area contributed by atoms with Crippen LogP contribution in [0.25, 0.3) is 0 Å². The van der Waals surface area contributed by atoms with Crippen LogP contribution in [0, 0.1) is 0 Å². The predicted molar refractivity (Wildman–Crippen MR) is 112 cm³/mol. The van der Waals surface area contributed by atoms with E-state index >= 15 is 0 Å². The molecule has 0 saturated carbocycles. The Morgan fingerprint density at radius 1 is 1.07 bits per heavy atom. The maximum atomic E-state index is 12.3. The van der Waals surface area contributed by atoms with Gasteiger partial charge in [-0.3, -0.25) is 14.5 Å². The molecule has 0 aliphatic carbocycles. The molecule has 0 radical (unpaired) electrons. The zero-order valence-electron chi connectivity index (χ0n) is 16.7. The Bertz CT molecular complexity index is 614. The quantitative estimate of drug-likeness (QED) is 0.653. The first kappa shape index (κ1) is 21.7. The SMILES string of the molecule is CCN(CC)C(=O)CN1CCN(CCC(=O)Nc2ccccc2SC)CC1. The Hall–Kier alpha value is -1.57. The number of likely N-dealkylation sites (N-methyl/N-ethyl adjacent to an activating group) is 1. The highest BCUT2D eigenvalue weighted by Gasteiger charge is 2.21. The second kappa shape index (κ2) is 11.3. The molecule has 2 rings (SSSR count). The van der Waals surface area contributed by atoms with Crippen molar-refractivity contribution in [2.24, 2.45) is 0 Å². The summed E-state index contributed by atoms with van der Waals surface area (Å²) in [7, 11) is 0. The average Bonchev–Trinajstić information content (AvgIpc) is 2.69. The fraction of sp³-hybridized carbons (Fsp3) is 0.600. The molecule has 1 aromatic carbocycles. The van der Waals surface area contributed by atoms with Gasteiger partial charge in [0.2, 0.25) is 11.8 Å². The minimum Gasteiger partial charge on any atom is -0.342 e. The van der Waals surface area contributed by atoms with Crippen molar-refractivity contribution in [1.82, 2.24) is 14.7 Å². The van der Waals surface area contributed by atoms with Gasteiger partial charge >= 0.3 is 0 Å². The zero-order valence-corrected chi connectivity index (χ0v) is 17.6. The molecule has 0 atom stereocenters. The van der Waals surface area contributed by atoms with Crippen LogP contribution >= 0.6 is 11.8 Å². The molecule has 27 heavy (non-hydrogen) atoms. The van der Waals surface area contributed by atoms with E-state index < -0.39 is 0 Å². The number of piperazine rings is 1. The molecule has 1 aliphatic rings. The second-order valence-corrected chi connectivity index (χ2v) is 7.53. The van der Waals surface area contributed by atoms with Crippen molar-refractivity contribution >= 4 is 29.3 Å². The molecule has 1 saturated heterocycles. The van der Waals surface area contributed by atoms with Gasteiger partial charge in [-0.2, -0.15) is 0 Å². The number of carbonyl (C=O) groups excluding carboxylic acids is 2.